The Labute approximate surface area is 167 Å². The van der Waals surface area contributed by atoms with E-state index in [0.29, 0.717) is 23.3 Å². The summed E-state index contributed by atoms with van der Waals surface area (Å²) in [4.78, 5) is 21.7. The van der Waals surface area contributed by atoms with E-state index in [0.717, 1.165) is 34.6 Å². The van der Waals surface area contributed by atoms with Crippen LogP contribution in [0.2, 0.25) is 0 Å². The molecule has 3 aromatic rings. The van der Waals surface area contributed by atoms with Gasteiger partial charge in [-0.1, -0.05) is 12.8 Å². The lowest BCUT2D eigenvalue weighted by Crippen LogP contribution is -2.44. The average molecular weight is 397 g/mol. The zero-order valence-corrected chi connectivity index (χ0v) is 16.6. The first-order valence-corrected chi connectivity index (χ1v) is 10.4. The zero-order chi connectivity index (χ0) is 19.5. The summed E-state index contributed by atoms with van der Waals surface area (Å²) in [6.07, 6.45) is 7.99. The first kappa shape index (κ1) is 18.6. The first-order chi connectivity index (χ1) is 13.7. The molecule has 3 aromatic heterocycles. The van der Waals surface area contributed by atoms with Crippen molar-refractivity contribution in [2.45, 2.75) is 37.8 Å². The van der Waals surface area contributed by atoms with E-state index in [4.69, 9.17) is 5.73 Å². The van der Waals surface area contributed by atoms with Crippen LogP contribution in [0.3, 0.4) is 0 Å². The van der Waals surface area contributed by atoms with Crippen LogP contribution in [0.25, 0.3) is 10.2 Å². The second-order valence-electron chi connectivity index (χ2n) is 7.04. The van der Waals surface area contributed by atoms with Crippen LogP contribution in [-0.4, -0.2) is 35.0 Å². The predicted molar refractivity (Wildman–Crippen MR) is 114 cm³/mol. The quantitative estimate of drug-likeness (QED) is 0.508. The summed E-state index contributed by atoms with van der Waals surface area (Å²) in [5.74, 6) is 0.224. The minimum absolute atomic E-state index is 0.310. The number of hydrogen-bond acceptors (Lipinski definition) is 7. The molecule has 1 unspecified atom stereocenters. The van der Waals surface area contributed by atoms with Crippen LogP contribution in [0.5, 0.6) is 0 Å². The van der Waals surface area contributed by atoms with Gasteiger partial charge in [0.15, 0.2) is 0 Å². The molecule has 7 nitrogen and oxygen atoms in total. The van der Waals surface area contributed by atoms with Crippen LogP contribution in [0, 0.1) is 0 Å². The minimum Gasteiger partial charge on any atom is -0.366 e. The topological polar surface area (TPSA) is 105 Å². The summed E-state index contributed by atoms with van der Waals surface area (Å²) in [6.45, 7) is 0. The summed E-state index contributed by atoms with van der Waals surface area (Å²) in [7, 11) is 2.00. The number of aromatic nitrogens is 2. The van der Waals surface area contributed by atoms with E-state index >= 15 is 0 Å². The molecule has 1 fully saturated rings. The van der Waals surface area contributed by atoms with Crippen molar-refractivity contribution in [3.8, 4) is 0 Å². The molecule has 0 aromatic carbocycles. The number of nitrogens with two attached hydrogens (primary N) is 1. The molecule has 0 spiro atoms. The maximum absolute atomic E-state index is 11.9. The van der Waals surface area contributed by atoms with E-state index in [9.17, 15) is 4.79 Å². The standard InChI is InChI=1S/C20H24N6OS/c1-22-14-6-2-3-7-15(14)26-18-9-16(13(10-24-18)19(21)27)25-17-11-28-20-12(17)5-4-8-23-20/h4-5,8-11,14-15,22H,2-3,6-7H2,1H3,(H2,21,27)(H2,24,25,26)/t14-,15?/m0/s1. The molecule has 1 aliphatic carbocycles. The van der Waals surface area contributed by atoms with Gasteiger partial charge in [0.1, 0.15) is 10.6 Å². The van der Waals surface area contributed by atoms with Crippen molar-refractivity contribution >= 4 is 44.7 Å². The van der Waals surface area contributed by atoms with Crippen LogP contribution >= 0.6 is 11.3 Å². The number of carbonyl (C=O) groups excluding carboxylic acids is 1. The molecule has 28 heavy (non-hydrogen) atoms. The number of likely N-dealkylation sites (N-methyl/N-ethyl adjacent to an activating group) is 1. The number of amides is 1. The molecule has 146 valence electrons. The van der Waals surface area contributed by atoms with Gasteiger partial charge in [0, 0.05) is 41.3 Å². The van der Waals surface area contributed by atoms with Crippen molar-refractivity contribution in [2.75, 3.05) is 17.7 Å². The normalized spacial score (nSPS) is 19.5. The summed E-state index contributed by atoms with van der Waals surface area (Å²) < 4.78 is 0. The van der Waals surface area contributed by atoms with Gasteiger partial charge >= 0.3 is 0 Å². The first-order valence-electron chi connectivity index (χ1n) is 9.48. The molecular formula is C20H24N6OS. The Morgan fingerprint density at radius 2 is 2.04 bits per heavy atom. The fraction of sp³-hybridized carbons (Fsp3) is 0.350. The average Bonchev–Trinajstić information content (AvgIpc) is 3.11. The summed E-state index contributed by atoms with van der Waals surface area (Å²) >= 11 is 1.55. The molecule has 1 saturated carbocycles. The van der Waals surface area contributed by atoms with Gasteiger partial charge in [0.05, 0.1) is 16.9 Å². The molecule has 4 rings (SSSR count). The maximum atomic E-state index is 11.9. The van der Waals surface area contributed by atoms with Crippen molar-refractivity contribution in [1.82, 2.24) is 15.3 Å². The third-order valence-corrected chi connectivity index (χ3v) is 6.16. The van der Waals surface area contributed by atoms with Gasteiger partial charge in [-0.05, 0) is 32.0 Å². The van der Waals surface area contributed by atoms with Gasteiger partial charge in [-0.3, -0.25) is 4.79 Å². The van der Waals surface area contributed by atoms with Gasteiger partial charge < -0.3 is 21.7 Å². The van der Waals surface area contributed by atoms with E-state index < -0.39 is 5.91 Å². The Hall–Kier alpha value is -2.71. The Morgan fingerprint density at radius 3 is 2.82 bits per heavy atom. The van der Waals surface area contributed by atoms with E-state index in [1.165, 1.54) is 19.0 Å². The number of nitrogens with one attached hydrogen (secondary N) is 3. The molecule has 1 amide bonds. The zero-order valence-electron chi connectivity index (χ0n) is 15.7. The third kappa shape index (κ3) is 3.79. The van der Waals surface area contributed by atoms with E-state index in [-0.39, 0.29) is 0 Å². The van der Waals surface area contributed by atoms with Gasteiger partial charge in [-0.2, -0.15) is 0 Å². The maximum Gasteiger partial charge on any atom is 0.252 e. The molecule has 0 aliphatic heterocycles. The number of rotatable bonds is 6. The van der Waals surface area contributed by atoms with Crippen LogP contribution < -0.4 is 21.7 Å². The van der Waals surface area contributed by atoms with E-state index in [1.54, 1.807) is 17.5 Å². The molecule has 0 saturated heterocycles. The van der Waals surface area contributed by atoms with Gasteiger partial charge in [-0.25, -0.2) is 9.97 Å². The number of primary amides is 1. The molecule has 0 radical (unpaired) electrons. The molecule has 0 bridgehead atoms. The Kier molecular flexibility index (Phi) is 5.40. The van der Waals surface area contributed by atoms with E-state index in [1.807, 2.05) is 30.6 Å². The third-order valence-electron chi connectivity index (χ3n) is 5.26. The number of fused-ring (bicyclic) bond motifs is 1. The lowest BCUT2D eigenvalue weighted by molar-refractivity contribution is 0.100. The van der Waals surface area contributed by atoms with Crippen molar-refractivity contribution in [1.29, 1.82) is 0 Å². The second kappa shape index (κ2) is 8.12. The van der Waals surface area contributed by atoms with Crippen LogP contribution in [0.1, 0.15) is 36.0 Å². The smallest absolute Gasteiger partial charge is 0.252 e. The van der Waals surface area contributed by atoms with E-state index in [2.05, 4.69) is 25.9 Å². The summed E-state index contributed by atoms with van der Waals surface area (Å²) in [5, 5.41) is 13.3. The lowest BCUT2D eigenvalue weighted by atomic mass is 9.90. The molecule has 3 heterocycles. The van der Waals surface area contributed by atoms with Crippen LogP contribution in [-0.2, 0) is 0 Å². The lowest BCUT2D eigenvalue weighted by Gasteiger charge is -2.32. The van der Waals surface area contributed by atoms with Crippen molar-refractivity contribution in [3.05, 3.63) is 41.5 Å². The number of pyridine rings is 2. The largest absolute Gasteiger partial charge is 0.366 e. The van der Waals surface area contributed by atoms with Gasteiger partial charge in [-0.15, -0.1) is 11.3 Å². The Morgan fingerprint density at radius 1 is 1.21 bits per heavy atom. The number of nitrogens with zero attached hydrogens (tertiary/aromatic N) is 2. The monoisotopic (exact) mass is 396 g/mol. The Balaban J connectivity index is 1.63. The van der Waals surface area contributed by atoms with Crippen LogP contribution in [0.4, 0.5) is 17.2 Å². The van der Waals surface area contributed by atoms with Crippen molar-refractivity contribution in [3.63, 3.8) is 0 Å². The number of hydrogen-bond donors (Lipinski definition) is 4. The molecular weight excluding hydrogens is 372 g/mol. The van der Waals surface area contributed by atoms with Crippen molar-refractivity contribution in [2.24, 2.45) is 5.73 Å². The summed E-state index contributed by atoms with van der Waals surface area (Å²) in [5.41, 5.74) is 7.48. The molecule has 2 atom stereocenters. The number of thiophene rings is 1. The highest BCUT2D eigenvalue weighted by Gasteiger charge is 2.24. The SMILES string of the molecule is CN[C@H]1CCCCC1Nc1cc(Nc2csc3ncccc23)c(C(N)=O)cn1. The van der Waals surface area contributed by atoms with Gasteiger partial charge in [0.25, 0.3) is 5.91 Å². The fourth-order valence-corrected chi connectivity index (χ4v) is 4.63. The highest BCUT2D eigenvalue weighted by Crippen LogP contribution is 2.32. The van der Waals surface area contributed by atoms with Gasteiger partial charge in [0.2, 0.25) is 0 Å². The second-order valence-corrected chi connectivity index (χ2v) is 7.90. The highest BCUT2D eigenvalue weighted by atomic mass is 32.1. The predicted octanol–water partition coefficient (Wildman–Crippen LogP) is 3.48. The fourth-order valence-electron chi connectivity index (χ4n) is 3.78. The molecule has 8 heteroatoms. The van der Waals surface area contributed by atoms with Crippen LogP contribution in [0.15, 0.2) is 36.0 Å². The number of carbonyl (C=O) groups is 1. The minimum atomic E-state index is -0.509. The summed E-state index contributed by atoms with van der Waals surface area (Å²) in [6, 6.07) is 6.49. The molecule has 5 N–H and O–H groups in total. The Bertz CT molecular complexity index is 988. The molecule has 1 aliphatic rings. The number of anilines is 3. The van der Waals surface area contributed by atoms with Crippen molar-refractivity contribution < 1.29 is 4.79 Å². The highest BCUT2D eigenvalue weighted by molar-refractivity contribution is 7.17.